The summed E-state index contributed by atoms with van der Waals surface area (Å²) in [5.41, 5.74) is 0.500. The number of para-hydroxylation sites is 2. The first-order valence-electron chi connectivity index (χ1n) is 8.87. The Hall–Kier alpha value is -2.66. The normalized spacial score (nSPS) is 16.8. The number of anilines is 2. The maximum Gasteiger partial charge on any atom is 0.310 e. The molecule has 0 bridgehead atoms. The molecule has 2 aromatic rings. The maximum absolute atomic E-state index is 13.3. The Morgan fingerprint density at radius 1 is 0.962 bits per heavy atom. The van der Waals surface area contributed by atoms with Gasteiger partial charge in [-0.1, -0.05) is 36.4 Å². The first kappa shape index (κ1) is 18.1. The van der Waals surface area contributed by atoms with Gasteiger partial charge in [0.1, 0.15) is 0 Å². The smallest absolute Gasteiger partial charge is 0.310 e. The fourth-order valence-corrected chi connectivity index (χ4v) is 3.47. The van der Waals surface area contributed by atoms with Gasteiger partial charge in [0.15, 0.2) is 0 Å². The van der Waals surface area contributed by atoms with Gasteiger partial charge < -0.3 is 10.0 Å². The van der Waals surface area contributed by atoms with Gasteiger partial charge in [0.05, 0.1) is 5.41 Å². The third-order valence-corrected chi connectivity index (χ3v) is 5.17. The molecule has 1 aliphatic heterocycles. The van der Waals surface area contributed by atoms with Gasteiger partial charge in [-0.2, -0.15) is 0 Å². The predicted octanol–water partition coefficient (Wildman–Crippen LogP) is 3.54. The summed E-state index contributed by atoms with van der Waals surface area (Å²) in [7, 11) is 1.98. The topological polar surface area (TPSA) is 60.9 Å². The lowest BCUT2D eigenvalue weighted by molar-refractivity contribution is -0.154. The predicted molar refractivity (Wildman–Crippen MR) is 101 cm³/mol. The third kappa shape index (κ3) is 3.78. The molecule has 26 heavy (non-hydrogen) atoms. The molecule has 0 aromatic heterocycles. The molecule has 1 amide bonds. The van der Waals surface area contributed by atoms with E-state index in [1.54, 1.807) is 4.90 Å². The molecule has 136 valence electrons. The van der Waals surface area contributed by atoms with Gasteiger partial charge in [0.25, 0.3) is 0 Å². The number of carboxylic acid groups (broad SMARTS) is 1. The molecule has 0 spiro atoms. The van der Waals surface area contributed by atoms with E-state index in [0.717, 1.165) is 11.4 Å². The number of carbonyl (C=O) groups excluding carboxylic acids is 1. The molecule has 3 rings (SSSR count). The van der Waals surface area contributed by atoms with Crippen LogP contribution >= 0.6 is 0 Å². The second-order valence-electron chi connectivity index (χ2n) is 6.97. The van der Waals surface area contributed by atoms with Crippen LogP contribution < -0.4 is 4.90 Å². The van der Waals surface area contributed by atoms with Crippen LogP contribution in [0.3, 0.4) is 0 Å². The zero-order chi connectivity index (χ0) is 18.6. The molecule has 1 N–H and O–H groups in total. The fourth-order valence-electron chi connectivity index (χ4n) is 3.47. The largest absolute Gasteiger partial charge is 0.481 e. The second-order valence-corrected chi connectivity index (χ2v) is 6.97. The summed E-state index contributed by atoms with van der Waals surface area (Å²) in [5.74, 6) is -1.06. The molecule has 1 fully saturated rings. The zero-order valence-corrected chi connectivity index (χ0v) is 15.0. The first-order valence-corrected chi connectivity index (χ1v) is 8.87. The van der Waals surface area contributed by atoms with Crippen molar-refractivity contribution in [2.24, 2.45) is 5.41 Å². The molecular formula is C21H24N2O3. The molecule has 5 nitrogen and oxygen atoms in total. The van der Waals surface area contributed by atoms with Crippen LogP contribution in [-0.4, -0.2) is 42.0 Å². The van der Waals surface area contributed by atoms with Crippen molar-refractivity contribution in [3.05, 3.63) is 60.7 Å². The Kier molecular flexibility index (Phi) is 5.38. The second kappa shape index (κ2) is 7.70. The van der Waals surface area contributed by atoms with Crippen molar-refractivity contribution >= 4 is 23.3 Å². The Labute approximate surface area is 153 Å². The van der Waals surface area contributed by atoms with Crippen molar-refractivity contribution in [3.8, 4) is 0 Å². The quantitative estimate of drug-likeness (QED) is 0.894. The van der Waals surface area contributed by atoms with Crippen LogP contribution in [0, 0.1) is 5.41 Å². The van der Waals surface area contributed by atoms with Crippen LogP contribution in [0.1, 0.15) is 19.3 Å². The number of hydrogen-bond acceptors (Lipinski definition) is 3. The maximum atomic E-state index is 13.3. The van der Waals surface area contributed by atoms with Gasteiger partial charge >= 0.3 is 5.97 Å². The van der Waals surface area contributed by atoms with E-state index >= 15 is 0 Å². The van der Waals surface area contributed by atoms with Crippen molar-refractivity contribution in [1.29, 1.82) is 0 Å². The van der Waals surface area contributed by atoms with Crippen molar-refractivity contribution in [2.75, 3.05) is 25.0 Å². The molecule has 0 saturated carbocycles. The lowest BCUT2D eigenvalue weighted by Crippen LogP contribution is -2.46. The summed E-state index contributed by atoms with van der Waals surface area (Å²) in [6, 6.07) is 18.8. The molecule has 0 unspecified atom stereocenters. The van der Waals surface area contributed by atoms with Crippen LogP contribution in [0.15, 0.2) is 60.7 Å². The van der Waals surface area contributed by atoms with Gasteiger partial charge in [-0.3, -0.25) is 14.5 Å². The van der Waals surface area contributed by atoms with Crippen LogP contribution in [0.2, 0.25) is 0 Å². The summed E-state index contributed by atoms with van der Waals surface area (Å²) in [4.78, 5) is 29.0. The number of aliphatic carboxylic acids is 1. The number of piperidine rings is 1. The van der Waals surface area contributed by atoms with E-state index in [4.69, 9.17) is 0 Å². The monoisotopic (exact) mass is 352 g/mol. The van der Waals surface area contributed by atoms with Crippen molar-refractivity contribution in [1.82, 2.24) is 4.90 Å². The number of carboxylic acids is 1. The minimum atomic E-state index is -0.995. The Morgan fingerprint density at radius 2 is 1.42 bits per heavy atom. The Bertz CT molecular complexity index is 714. The molecule has 0 radical (unpaired) electrons. The highest BCUT2D eigenvalue weighted by Gasteiger charge is 2.43. The Morgan fingerprint density at radius 3 is 1.85 bits per heavy atom. The Balaban J connectivity index is 1.92. The average Bonchev–Trinajstić information content (AvgIpc) is 2.65. The highest BCUT2D eigenvalue weighted by Crippen LogP contribution is 2.37. The summed E-state index contributed by atoms with van der Waals surface area (Å²) in [6.07, 6.45) is 0.976. The number of benzene rings is 2. The molecular weight excluding hydrogens is 328 g/mol. The standard InChI is InChI=1S/C21H24N2O3/c1-22-14-12-21(13-15-22,20(25)26)16-19(24)23(17-8-4-2-5-9-17)18-10-6-3-7-11-18/h2-11H,12-16H2,1H3,(H,25,26). The highest BCUT2D eigenvalue weighted by atomic mass is 16.4. The first-order chi connectivity index (χ1) is 12.5. The van der Waals surface area contributed by atoms with Gasteiger partial charge in [-0.15, -0.1) is 0 Å². The summed E-state index contributed by atoms with van der Waals surface area (Å²) in [5, 5.41) is 9.86. The van der Waals surface area contributed by atoms with Gasteiger partial charge in [-0.25, -0.2) is 0 Å². The van der Waals surface area contributed by atoms with Gasteiger partial charge in [0, 0.05) is 17.8 Å². The highest BCUT2D eigenvalue weighted by molar-refractivity contribution is 6.02. The molecule has 1 saturated heterocycles. The number of carbonyl (C=O) groups is 2. The summed E-state index contributed by atoms with van der Waals surface area (Å²) < 4.78 is 0. The van der Waals surface area contributed by atoms with Crippen LogP contribution in [0.5, 0.6) is 0 Å². The van der Waals surface area contributed by atoms with Crippen molar-refractivity contribution < 1.29 is 14.7 Å². The number of hydrogen-bond donors (Lipinski definition) is 1. The van der Waals surface area contributed by atoms with Crippen LogP contribution in [0.4, 0.5) is 11.4 Å². The SMILES string of the molecule is CN1CCC(CC(=O)N(c2ccccc2)c2ccccc2)(C(=O)O)CC1. The molecule has 1 aliphatic rings. The van der Waals surface area contributed by atoms with Crippen LogP contribution in [0.25, 0.3) is 0 Å². The van der Waals surface area contributed by atoms with E-state index < -0.39 is 11.4 Å². The minimum Gasteiger partial charge on any atom is -0.481 e. The third-order valence-electron chi connectivity index (χ3n) is 5.17. The lowest BCUT2D eigenvalue weighted by Gasteiger charge is -2.38. The summed E-state index contributed by atoms with van der Waals surface area (Å²) in [6.45, 7) is 1.38. The molecule has 5 heteroatoms. The minimum absolute atomic E-state index is 0.0000378. The fraction of sp³-hybridized carbons (Fsp3) is 0.333. The van der Waals surface area contributed by atoms with E-state index in [1.165, 1.54) is 0 Å². The molecule has 0 aliphatic carbocycles. The van der Waals surface area contributed by atoms with Gasteiger partial charge in [0.2, 0.25) is 5.91 Å². The lowest BCUT2D eigenvalue weighted by atomic mass is 9.75. The molecule has 0 atom stereocenters. The van der Waals surface area contributed by atoms with E-state index in [-0.39, 0.29) is 12.3 Å². The number of rotatable bonds is 5. The summed E-state index contributed by atoms with van der Waals surface area (Å²) >= 11 is 0. The van der Waals surface area contributed by atoms with E-state index in [9.17, 15) is 14.7 Å². The zero-order valence-electron chi connectivity index (χ0n) is 15.0. The van der Waals surface area contributed by atoms with Crippen molar-refractivity contribution in [2.45, 2.75) is 19.3 Å². The van der Waals surface area contributed by atoms with Crippen molar-refractivity contribution in [3.63, 3.8) is 0 Å². The van der Waals surface area contributed by atoms with Gasteiger partial charge in [-0.05, 0) is 57.2 Å². The van der Waals surface area contributed by atoms with Crippen LogP contribution in [-0.2, 0) is 9.59 Å². The van der Waals surface area contributed by atoms with E-state index in [2.05, 4.69) is 4.90 Å². The van der Waals surface area contributed by atoms with E-state index in [0.29, 0.717) is 25.9 Å². The molecule has 1 heterocycles. The number of amides is 1. The molecule has 2 aromatic carbocycles. The average molecular weight is 352 g/mol. The van der Waals surface area contributed by atoms with E-state index in [1.807, 2.05) is 67.7 Å². The number of likely N-dealkylation sites (tertiary alicyclic amines) is 1. The number of nitrogens with zero attached hydrogens (tertiary/aromatic N) is 2.